The molecule has 18 rings (SSSR count). The Labute approximate surface area is 812 Å². The SMILES string of the molecule is CCCC1O[C@@H]2C[C@H]3[C@@H]4CCC5=CC(=O)C=C[C@]5(C)[C@H]4[C@@H](O)C[C@]3(C)[C@]2(C(=O)CO)O1.CCC[C@@H]1C[C@@H](C(=O)CC(C(C)Cl)[C@H]2OC(SC)C(O)[C@@H](O)[C@H]2O)N(C)C1.CN(C)c1ccc(O)c2c1C[C@H]1C[C@H]3C(N(C)C)C(=O)C(C(N)=O)=C(O)[C@@]3(O)C(=O)C1=C2O.CN1CCCC([N+]2=NC(Cc3ccc(Cl)cc3)c3ccccc3C2=O)CC1.O=C1CCC(N2C(=O)c3ccccc3C2=O)C(=O)N1. The lowest BCUT2D eigenvalue weighted by molar-refractivity contribution is -0.546. The van der Waals surface area contributed by atoms with E-state index in [-0.39, 0.29) is 119 Å². The van der Waals surface area contributed by atoms with Crippen molar-refractivity contribution < 1.29 is 118 Å². The molecule has 9 unspecified atom stereocenters. The topological polar surface area (TPSA) is 467 Å². The summed E-state index contributed by atoms with van der Waals surface area (Å²) in [7, 11) is 10.9. The molecule has 0 radical (unpaired) electrons. The summed E-state index contributed by atoms with van der Waals surface area (Å²) in [5.41, 5.74) is 5.05. The number of Topliss-reactive ketones (excluding diaryl/α,β-unsaturated/α-hetero) is 4. The smallest absolute Gasteiger partial charge is 0.444 e. The second-order valence-electron chi connectivity index (χ2n) is 40.2. The third kappa shape index (κ3) is 19.3. The third-order valence-electron chi connectivity index (χ3n) is 31.4. The van der Waals surface area contributed by atoms with Crippen LogP contribution in [0.1, 0.15) is 197 Å². The Kier molecular flexibility index (Phi) is 31.8. The van der Waals surface area contributed by atoms with Crippen molar-refractivity contribution in [2.45, 2.75) is 245 Å². The number of aliphatic hydroxyl groups excluding tert-OH is 7. The van der Waals surface area contributed by atoms with E-state index in [2.05, 4.69) is 49.9 Å². The van der Waals surface area contributed by atoms with Gasteiger partial charge in [0.05, 0.1) is 52.6 Å². The Morgan fingerprint density at radius 3 is 2.09 bits per heavy atom. The van der Waals surface area contributed by atoms with Gasteiger partial charge in [0, 0.05) is 115 Å². The summed E-state index contributed by atoms with van der Waals surface area (Å²) in [5, 5.41) is 103. The van der Waals surface area contributed by atoms with Crippen molar-refractivity contribution in [3.63, 3.8) is 0 Å². The van der Waals surface area contributed by atoms with Gasteiger partial charge in [0.15, 0.2) is 40.9 Å². The molecule has 4 aromatic rings. The van der Waals surface area contributed by atoms with Crippen LogP contribution in [0.3, 0.4) is 0 Å². The molecule has 7 aliphatic carbocycles. The predicted molar refractivity (Wildman–Crippen MR) is 509 cm³/mol. The third-order valence-corrected chi connectivity index (χ3v) is 32.8. The van der Waals surface area contributed by atoms with Crippen molar-refractivity contribution in [1.82, 2.24) is 24.9 Å². The van der Waals surface area contributed by atoms with Gasteiger partial charge in [-0.05, 0) is 218 Å². The molecule has 6 amide bonds. The fourth-order valence-corrected chi connectivity index (χ4v) is 25.7. The summed E-state index contributed by atoms with van der Waals surface area (Å²) in [6, 6.07) is 23.4. The number of halogens is 2. The van der Waals surface area contributed by atoms with Crippen LogP contribution < -0.4 is 16.0 Å². The number of phenolic OH excluding ortho intramolecular Hbond substituents is 1. The van der Waals surface area contributed by atoms with Crippen LogP contribution in [0.4, 0.5) is 5.69 Å². The number of piperidine rings is 1. The zero-order valence-corrected chi connectivity index (χ0v) is 81.9. The highest BCUT2D eigenvalue weighted by atomic mass is 35.5. The Hall–Kier alpha value is -9.14. The lowest BCUT2D eigenvalue weighted by Crippen LogP contribution is -2.65. The Morgan fingerprint density at radius 2 is 1.47 bits per heavy atom. The number of hydrogen-bond acceptors (Lipinski definition) is 29. The minimum atomic E-state index is -2.63. The average Bonchev–Trinajstić information content (AvgIpc) is 1.53. The molecule has 4 aromatic carbocycles. The fraction of sp³-hybridized carbons (Fsp3) is 0.578. The van der Waals surface area contributed by atoms with E-state index in [0.717, 1.165) is 116 Å². The standard InChI is InChI=1S/C25H34O6.C23H27N3O7.C22H25ClN3O.C19H34ClNO5S.C13H10N2O4/c1-4-5-21-30-20-11-17-16-7-6-14-10-15(27)8-9-23(14,2)22(16)18(28)12-24(17,3)25(20,31-21)19(29)13-26;1-25(2)12-5-6-13(27)15-10(12)7-9-8-11-17(26(3)4)19(29)16(22(24)32)21(31)23(11,33)20(30)14(9)18(15)28;1-25-13-4-5-18(12-14-25)26-22(27)20-7-3-2-6-19(20)21(24-26)15-16-8-10-17(23)11-9-16;1-5-6-11-7-13(21(3)9-11)14(22)8-12(10(2)20)18-16(24)15(23)17(25)19(26-18)27-4;16-10-6-5-9(11(17)14-10)15-12(18)7-3-1-2-4-8(7)13(15)19/h8-10,16-18,20-22,26,28H,4-7,11-13H2,1-3H3;5-6,9,11,17,27-28,31,33H,7-8H2,1-4H3,(H2,24,32);2-3,6-11,18,21H,4-5,12-15H2,1H3;10-13,15-19,23-25H,5-9H2,1-4H3;1-4,9H,5-6H2,(H,14,16,17)/q;;+1;;/t16-,17-,18-,20+,21?,22+,23-,24-,25+;9-,11-,17?,23-;;10?,11-,12?,13+,15+,16-,17?,18-,19?;/m00.1./s1. The molecule has 5 saturated heterocycles. The molecule has 0 aromatic heterocycles. The van der Waals surface area contributed by atoms with Gasteiger partial charge in [-0.25, -0.2) is 4.79 Å². The lowest BCUT2D eigenvalue weighted by atomic mass is 9.46. The van der Waals surface area contributed by atoms with Crippen molar-refractivity contribution in [2.75, 3.05) is 79.7 Å². The van der Waals surface area contributed by atoms with Crippen LogP contribution in [-0.4, -0.2) is 298 Å². The van der Waals surface area contributed by atoms with Gasteiger partial charge in [-0.2, -0.15) is 0 Å². The Balaban J connectivity index is 0.000000138. The second-order valence-corrected chi connectivity index (χ2v) is 42.2. The number of thioether (sulfide) groups is 1. The van der Waals surface area contributed by atoms with Crippen molar-refractivity contribution >= 4 is 111 Å². The highest BCUT2D eigenvalue weighted by Gasteiger charge is 2.76. The highest BCUT2D eigenvalue weighted by molar-refractivity contribution is 7.99. The molecule has 0 bridgehead atoms. The minimum Gasteiger partial charge on any atom is -0.508 e. The molecule has 12 N–H and O–H groups in total. The van der Waals surface area contributed by atoms with Gasteiger partial charge >= 0.3 is 5.91 Å². The van der Waals surface area contributed by atoms with Crippen molar-refractivity contribution in [2.24, 2.45) is 63.1 Å². The number of aliphatic hydroxyl groups is 8. The van der Waals surface area contributed by atoms with Gasteiger partial charge in [0.25, 0.3) is 17.7 Å². The number of fused-ring (bicyclic) bond motifs is 12. The van der Waals surface area contributed by atoms with E-state index < -0.39 is 159 Å². The number of carbonyl (C=O) groups is 11. The number of rotatable bonds is 19. The molecule has 32 nitrogen and oxygen atoms in total. The van der Waals surface area contributed by atoms with Crippen molar-refractivity contribution in [3.05, 3.63) is 170 Å². The number of phenols is 1. The monoisotopic (exact) mass is 1950 g/mol. The number of carbonyl (C=O) groups excluding carboxylic acids is 11. The molecule has 4 saturated carbocycles. The van der Waals surface area contributed by atoms with E-state index in [4.69, 9.17) is 48.3 Å². The summed E-state index contributed by atoms with van der Waals surface area (Å²) in [5.74, 6) is -8.19. The first-order valence-electron chi connectivity index (χ1n) is 47.7. The summed E-state index contributed by atoms with van der Waals surface area (Å²) >= 11 is 13.7. The number of ether oxygens (including phenoxy) is 3. The van der Waals surface area contributed by atoms with Crippen molar-refractivity contribution in [1.29, 1.82) is 0 Å². The quantitative estimate of drug-likeness (QED) is 0.0180. The van der Waals surface area contributed by atoms with Crippen molar-refractivity contribution in [3.8, 4) is 5.75 Å². The van der Waals surface area contributed by atoms with Crippen LogP contribution in [0.25, 0.3) is 5.76 Å². The molecule has 137 heavy (non-hydrogen) atoms. The number of likely N-dealkylation sites (tertiary alicyclic amines) is 2. The first-order chi connectivity index (χ1) is 65.0. The molecule has 7 heterocycles. The van der Waals surface area contributed by atoms with Gasteiger partial charge in [0.2, 0.25) is 17.6 Å². The normalized spacial score (nSPS) is 34.1. The van der Waals surface area contributed by atoms with Gasteiger partial charge in [-0.3, -0.25) is 68.0 Å². The van der Waals surface area contributed by atoms with Gasteiger partial charge in [-0.1, -0.05) is 106 Å². The molecule has 35 heteroatoms. The number of amides is 6. The molecule has 25 atom stereocenters. The molecule has 740 valence electrons. The largest absolute Gasteiger partial charge is 0.508 e. The number of alkyl halides is 1. The summed E-state index contributed by atoms with van der Waals surface area (Å²) < 4.78 is 20.3. The van der Waals surface area contributed by atoms with E-state index in [9.17, 15) is 98.7 Å². The number of ketones is 5. The minimum absolute atomic E-state index is 0.0125. The number of imide groups is 2. The number of nitrogens with one attached hydrogen (secondary N) is 1. The summed E-state index contributed by atoms with van der Waals surface area (Å²) in [6.07, 6.45) is 13.3. The first-order valence-corrected chi connectivity index (χ1v) is 49.8. The zero-order valence-electron chi connectivity index (χ0n) is 79.6. The number of anilines is 1. The number of allylic oxidation sites excluding steroid dienone is 4. The van der Waals surface area contributed by atoms with E-state index in [0.29, 0.717) is 41.9 Å². The number of nitrogens with zero attached hydrogens (tertiary/aromatic N) is 7. The fourth-order valence-electron chi connectivity index (χ4n) is 24.7. The summed E-state index contributed by atoms with van der Waals surface area (Å²) in [6.45, 7) is 12.6. The summed E-state index contributed by atoms with van der Waals surface area (Å²) in [4.78, 5) is 146. The zero-order chi connectivity index (χ0) is 99.4. The number of benzene rings is 4. The molecular weight excluding hydrogens is 1820 g/mol. The van der Waals surface area contributed by atoms with Crippen LogP contribution in [0, 0.1) is 52.3 Å². The van der Waals surface area contributed by atoms with Crippen LogP contribution in [0.5, 0.6) is 5.75 Å². The van der Waals surface area contributed by atoms with Crippen LogP contribution in [0.2, 0.25) is 5.02 Å². The Bertz CT molecular complexity index is 5490. The number of aromatic hydroxyl groups is 1. The maximum Gasteiger partial charge on any atom is 0.444 e. The van der Waals surface area contributed by atoms with Crippen LogP contribution >= 0.6 is 35.0 Å². The van der Waals surface area contributed by atoms with E-state index in [1.165, 1.54) is 28.3 Å². The lowest BCUT2D eigenvalue weighted by Gasteiger charge is -2.59. The van der Waals surface area contributed by atoms with Crippen LogP contribution in [0.15, 0.2) is 131 Å². The molecule has 14 aliphatic rings. The molecular formula is C102H130Cl2N9O23S+. The molecule has 0 spiro atoms. The number of nitrogens with two attached hydrogens (primary N) is 1. The highest BCUT2D eigenvalue weighted by Crippen LogP contribution is 2.70. The van der Waals surface area contributed by atoms with Gasteiger partial charge in [0.1, 0.15) is 71.1 Å². The van der Waals surface area contributed by atoms with E-state index in [1.54, 1.807) is 74.5 Å². The maximum atomic E-state index is 13.7. The number of azo groups is 2. The average molecular weight is 1950 g/mol. The first kappa shape index (κ1) is 104. The molecule has 9 fully saturated rings. The number of likely N-dealkylation sites (N-methyl/N-ethyl adjacent to an activating group) is 2. The van der Waals surface area contributed by atoms with Gasteiger partial charge in [-0.15, -0.1) is 23.4 Å². The number of hydrogen-bond donors (Lipinski definition) is 11. The van der Waals surface area contributed by atoms with E-state index >= 15 is 0 Å². The predicted octanol–water partition coefficient (Wildman–Crippen LogP) is 9.04. The van der Waals surface area contributed by atoms with Crippen LogP contribution in [-0.2, 0) is 65.4 Å². The molecule has 7 aliphatic heterocycles. The van der Waals surface area contributed by atoms with Gasteiger partial charge < -0.3 is 75.7 Å². The van der Waals surface area contributed by atoms with E-state index in [1.807, 2.05) is 80.6 Å². The second kappa shape index (κ2) is 42.0. The Morgan fingerprint density at radius 1 is 0.796 bits per heavy atom. The number of primary amides is 1. The maximum absolute atomic E-state index is 13.7.